The van der Waals surface area contributed by atoms with Crippen LogP contribution < -0.4 is 0 Å². The van der Waals surface area contributed by atoms with E-state index in [9.17, 15) is 0 Å². The molecule has 0 bridgehead atoms. The molecule has 1 aromatic carbocycles. The van der Waals surface area contributed by atoms with Crippen LogP contribution in [0.3, 0.4) is 0 Å². The van der Waals surface area contributed by atoms with Crippen LogP contribution >= 0.6 is 39.1 Å². The van der Waals surface area contributed by atoms with Gasteiger partial charge in [0.1, 0.15) is 6.10 Å². The summed E-state index contributed by atoms with van der Waals surface area (Å²) in [5.74, 6) is -0.949. The number of halogens is 3. The molecule has 0 spiro atoms. The lowest BCUT2D eigenvalue weighted by Crippen LogP contribution is -2.31. The van der Waals surface area contributed by atoms with Crippen molar-refractivity contribution >= 4 is 39.1 Å². The minimum atomic E-state index is -0.949. The van der Waals surface area contributed by atoms with E-state index in [4.69, 9.17) is 37.8 Å². The van der Waals surface area contributed by atoms with Crippen molar-refractivity contribution in [3.63, 3.8) is 0 Å². The van der Waals surface area contributed by atoms with E-state index in [0.717, 1.165) is 0 Å². The molecule has 6 heteroatoms. The monoisotopic (exact) mass is 340 g/mol. The highest BCUT2D eigenvalue weighted by Crippen LogP contribution is 2.40. The van der Waals surface area contributed by atoms with Crippen molar-refractivity contribution in [3.8, 4) is 0 Å². The molecule has 2 atom stereocenters. The fraction of sp³-hybridized carbons (Fsp3) is 0.455. The molecule has 1 aliphatic rings. The molecule has 0 aliphatic carbocycles. The van der Waals surface area contributed by atoms with Crippen LogP contribution in [0.15, 0.2) is 18.2 Å². The molecule has 1 N–H and O–H groups in total. The van der Waals surface area contributed by atoms with Crippen molar-refractivity contribution in [1.82, 2.24) is 0 Å². The molecule has 0 aromatic heterocycles. The summed E-state index contributed by atoms with van der Waals surface area (Å²) in [5.41, 5.74) is 0.705. The summed E-state index contributed by atoms with van der Waals surface area (Å²) in [7, 11) is 0. The molecule has 17 heavy (non-hydrogen) atoms. The lowest BCUT2D eigenvalue weighted by atomic mass is 10.1. The lowest BCUT2D eigenvalue weighted by Gasteiger charge is -2.27. The van der Waals surface area contributed by atoms with Crippen LogP contribution in [0.25, 0.3) is 0 Å². The van der Waals surface area contributed by atoms with Crippen LogP contribution in [0.2, 0.25) is 10.0 Å². The van der Waals surface area contributed by atoms with Gasteiger partial charge in [-0.1, -0.05) is 45.2 Å². The van der Waals surface area contributed by atoms with Crippen molar-refractivity contribution in [1.29, 1.82) is 0 Å². The first-order valence-electron chi connectivity index (χ1n) is 5.05. The molecule has 1 aromatic rings. The molecule has 1 saturated heterocycles. The van der Waals surface area contributed by atoms with E-state index in [1.807, 2.05) is 0 Å². The second-order valence-corrected chi connectivity index (χ2v) is 5.15. The predicted octanol–water partition coefficient (Wildman–Crippen LogP) is 2.95. The van der Waals surface area contributed by atoms with Gasteiger partial charge in [0.25, 0.3) is 0 Å². The van der Waals surface area contributed by atoms with E-state index in [2.05, 4.69) is 15.9 Å². The second kappa shape index (κ2) is 5.43. The zero-order valence-electron chi connectivity index (χ0n) is 8.83. The number of aliphatic hydroxyl groups is 1. The molecule has 1 aliphatic heterocycles. The summed E-state index contributed by atoms with van der Waals surface area (Å²) in [4.78, 5) is 0. The van der Waals surface area contributed by atoms with Crippen LogP contribution in [0, 0.1) is 0 Å². The van der Waals surface area contributed by atoms with Gasteiger partial charge in [-0.2, -0.15) is 0 Å². The van der Waals surface area contributed by atoms with E-state index >= 15 is 0 Å². The van der Waals surface area contributed by atoms with Crippen LogP contribution in [0.4, 0.5) is 0 Å². The Labute approximate surface area is 118 Å². The van der Waals surface area contributed by atoms with Crippen LogP contribution in [0.1, 0.15) is 5.56 Å². The van der Waals surface area contributed by atoms with Gasteiger partial charge in [0.2, 0.25) is 5.79 Å². The lowest BCUT2D eigenvalue weighted by molar-refractivity contribution is -0.160. The molecule has 0 amide bonds. The Morgan fingerprint density at radius 2 is 2.24 bits per heavy atom. The Morgan fingerprint density at radius 3 is 2.76 bits per heavy atom. The van der Waals surface area contributed by atoms with Crippen LogP contribution in [0.5, 0.6) is 0 Å². The maximum atomic E-state index is 9.08. The maximum absolute atomic E-state index is 9.08. The summed E-state index contributed by atoms with van der Waals surface area (Å²) in [5, 5.41) is 10.5. The van der Waals surface area contributed by atoms with E-state index in [1.54, 1.807) is 18.2 Å². The Bertz CT molecular complexity index is 416. The molecule has 3 nitrogen and oxygen atoms in total. The summed E-state index contributed by atoms with van der Waals surface area (Å²) in [6.45, 7) is 0.251. The van der Waals surface area contributed by atoms with E-state index in [1.165, 1.54) is 0 Å². The Hall–Kier alpha value is 0.160. The van der Waals surface area contributed by atoms with Crippen molar-refractivity contribution < 1.29 is 14.6 Å². The highest BCUT2D eigenvalue weighted by atomic mass is 79.9. The third-order valence-corrected chi connectivity index (χ3v) is 3.87. The number of hydrogen-bond donors (Lipinski definition) is 1. The fourth-order valence-electron chi connectivity index (χ4n) is 1.74. The SMILES string of the molecule is OC[C@H]1CO[C@@](CBr)(c2ccc(Cl)cc2Cl)O1. The smallest absolute Gasteiger partial charge is 0.206 e. The van der Waals surface area contributed by atoms with Gasteiger partial charge in [-0.3, -0.25) is 0 Å². The number of ether oxygens (including phenoxy) is 2. The first kappa shape index (κ1) is 13.6. The topological polar surface area (TPSA) is 38.7 Å². The predicted molar refractivity (Wildman–Crippen MR) is 69.8 cm³/mol. The Balaban J connectivity index is 2.35. The Morgan fingerprint density at radius 1 is 1.47 bits per heavy atom. The zero-order chi connectivity index (χ0) is 12.5. The number of aliphatic hydroxyl groups excluding tert-OH is 1. The van der Waals surface area contributed by atoms with E-state index in [0.29, 0.717) is 27.5 Å². The van der Waals surface area contributed by atoms with Gasteiger partial charge in [0, 0.05) is 10.6 Å². The average molecular weight is 342 g/mol. The normalized spacial score (nSPS) is 28.6. The van der Waals surface area contributed by atoms with Gasteiger partial charge in [0.15, 0.2) is 0 Å². The summed E-state index contributed by atoms with van der Waals surface area (Å²) in [6.07, 6.45) is -0.334. The van der Waals surface area contributed by atoms with Crippen molar-refractivity contribution in [2.75, 3.05) is 18.5 Å². The first-order valence-corrected chi connectivity index (χ1v) is 6.93. The van der Waals surface area contributed by atoms with Gasteiger partial charge < -0.3 is 14.6 Å². The van der Waals surface area contributed by atoms with Gasteiger partial charge in [-0.05, 0) is 12.1 Å². The van der Waals surface area contributed by atoms with Crippen molar-refractivity contribution in [2.45, 2.75) is 11.9 Å². The number of rotatable bonds is 3. The molecule has 0 radical (unpaired) electrons. The van der Waals surface area contributed by atoms with E-state index in [-0.39, 0.29) is 12.7 Å². The second-order valence-electron chi connectivity index (χ2n) is 3.74. The average Bonchev–Trinajstić information content (AvgIpc) is 2.74. The number of benzene rings is 1. The largest absolute Gasteiger partial charge is 0.394 e. The molecular formula is C11H11BrCl2O3. The summed E-state index contributed by atoms with van der Waals surface area (Å²) < 4.78 is 11.4. The molecule has 0 saturated carbocycles. The van der Waals surface area contributed by atoms with Crippen LogP contribution in [-0.2, 0) is 15.3 Å². The van der Waals surface area contributed by atoms with Crippen molar-refractivity contribution in [2.24, 2.45) is 0 Å². The van der Waals surface area contributed by atoms with Gasteiger partial charge in [0.05, 0.1) is 23.6 Å². The minimum absolute atomic E-state index is 0.0834. The highest BCUT2D eigenvalue weighted by Gasteiger charge is 2.43. The third-order valence-electron chi connectivity index (χ3n) is 2.58. The molecule has 1 fully saturated rings. The molecule has 2 rings (SSSR count). The van der Waals surface area contributed by atoms with Crippen LogP contribution in [-0.4, -0.2) is 29.8 Å². The molecular weight excluding hydrogens is 331 g/mol. The standard InChI is InChI=1S/C11H11BrCl2O3/c12-6-11(16-5-8(4-15)17-11)9-2-1-7(13)3-10(9)14/h1-3,8,15H,4-6H2/t8-,11+/m0/s1. The quantitative estimate of drug-likeness (QED) is 0.859. The zero-order valence-corrected chi connectivity index (χ0v) is 11.9. The van der Waals surface area contributed by atoms with Crippen molar-refractivity contribution in [3.05, 3.63) is 33.8 Å². The Kier molecular flexibility index (Phi) is 4.34. The maximum Gasteiger partial charge on any atom is 0.206 e. The minimum Gasteiger partial charge on any atom is -0.394 e. The third kappa shape index (κ3) is 2.62. The van der Waals surface area contributed by atoms with Gasteiger partial charge in [-0.15, -0.1) is 0 Å². The van der Waals surface area contributed by atoms with E-state index < -0.39 is 5.79 Å². The molecule has 94 valence electrons. The fourth-order valence-corrected chi connectivity index (χ4v) is 2.89. The number of hydrogen-bond acceptors (Lipinski definition) is 3. The first-order chi connectivity index (χ1) is 8.11. The number of alkyl halides is 1. The summed E-state index contributed by atoms with van der Waals surface area (Å²) >= 11 is 15.3. The van der Waals surface area contributed by atoms with Gasteiger partial charge in [-0.25, -0.2) is 0 Å². The molecule has 0 unspecified atom stereocenters. The van der Waals surface area contributed by atoms with Gasteiger partial charge >= 0.3 is 0 Å². The molecule has 1 heterocycles. The highest BCUT2D eigenvalue weighted by molar-refractivity contribution is 9.09. The summed E-state index contributed by atoms with van der Waals surface area (Å²) in [6, 6.07) is 5.14.